The Bertz CT molecular complexity index is 445. The van der Waals surface area contributed by atoms with Crippen LogP contribution in [0, 0.1) is 6.92 Å². The van der Waals surface area contributed by atoms with Crippen LogP contribution in [0.15, 0.2) is 30.5 Å². The van der Waals surface area contributed by atoms with Gasteiger partial charge in [0.25, 0.3) is 0 Å². The third kappa shape index (κ3) is 2.24. The van der Waals surface area contributed by atoms with Crippen molar-refractivity contribution in [3.63, 3.8) is 0 Å². The second-order valence-corrected chi connectivity index (χ2v) is 3.78. The van der Waals surface area contributed by atoms with Crippen molar-refractivity contribution < 1.29 is 4.74 Å². The number of ether oxygens (including phenoxy) is 1. The summed E-state index contributed by atoms with van der Waals surface area (Å²) in [5.74, 6) is 0.923. The SMILES string of the molecule is CCCOc1ccc(-c2cn[nH]c2C)cc1. The third-order valence-electron chi connectivity index (χ3n) is 2.47. The number of nitrogens with zero attached hydrogens (tertiary/aromatic N) is 1. The van der Waals surface area contributed by atoms with E-state index in [1.165, 1.54) is 0 Å². The fraction of sp³-hybridized carbons (Fsp3) is 0.308. The van der Waals surface area contributed by atoms with E-state index in [4.69, 9.17) is 4.74 Å². The first-order chi connectivity index (χ1) is 7.81. The van der Waals surface area contributed by atoms with Crippen molar-refractivity contribution in [2.24, 2.45) is 0 Å². The van der Waals surface area contributed by atoms with Gasteiger partial charge in [-0.1, -0.05) is 19.1 Å². The molecule has 0 radical (unpaired) electrons. The fourth-order valence-electron chi connectivity index (χ4n) is 1.59. The molecule has 16 heavy (non-hydrogen) atoms. The lowest BCUT2D eigenvalue weighted by Crippen LogP contribution is -1.94. The summed E-state index contributed by atoms with van der Waals surface area (Å²) in [5, 5.41) is 6.95. The monoisotopic (exact) mass is 216 g/mol. The van der Waals surface area contributed by atoms with Crippen LogP contribution in [0.25, 0.3) is 11.1 Å². The van der Waals surface area contributed by atoms with Gasteiger partial charge >= 0.3 is 0 Å². The highest BCUT2D eigenvalue weighted by molar-refractivity contribution is 5.65. The van der Waals surface area contributed by atoms with E-state index in [-0.39, 0.29) is 0 Å². The van der Waals surface area contributed by atoms with E-state index in [0.717, 1.165) is 35.6 Å². The normalized spacial score (nSPS) is 10.4. The molecule has 0 unspecified atom stereocenters. The van der Waals surface area contributed by atoms with Gasteiger partial charge in [-0.15, -0.1) is 0 Å². The molecule has 2 rings (SSSR count). The summed E-state index contributed by atoms with van der Waals surface area (Å²) >= 11 is 0. The van der Waals surface area contributed by atoms with E-state index in [2.05, 4.69) is 29.3 Å². The Hall–Kier alpha value is -1.77. The highest BCUT2D eigenvalue weighted by atomic mass is 16.5. The van der Waals surface area contributed by atoms with Crippen molar-refractivity contribution in [2.45, 2.75) is 20.3 Å². The van der Waals surface area contributed by atoms with Gasteiger partial charge in [0.1, 0.15) is 5.75 Å². The summed E-state index contributed by atoms with van der Waals surface area (Å²) in [6, 6.07) is 8.11. The molecule has 1 aromatic carbocycles. The molecule has 1 aromatic heterocycles. The van der Waals surface area contributed by atoms with E-state index in [0.29, 0.717) is 0 Å². The molecule has 0 bridgehead atoms. The van der Waals surface area contributed by atoms with Crippen molar-refractivity contribution in [3.8, 4) is 16.9 Å². The predicted molar refractivity (Wildman–Crippen MR) is 64.5 cm³/mol. The highest BCUT2D eigenvalue weighted by Crippen LogP contribution is 2.23. The molecule has 2 aromatic rings. The average molecular weight is 216 g/mol. The van der Waals surface area contributed by atoms with Crippen LogP contribution in [0.4, 0.5) is 0 Å². The lowest BCUT2D eigenvalue weighted by Gasteiger charge is -2.05. The Balaban J connectivity index is 2.16. The van der Waals surface area contributed by atoms with Crippen molar-refractivity contribution in [1.82, 2.24) is 10.2 Å². The van der Waals surface area contributed by atoms with E-state index in [9.17, 15) is 0 Å². The van der Waals surface area contributed by atoms with Crippen molar-refractivity contribution in [2.75, 3.05) is 6.61 Å². The lowest BCUT2D eigenvalue weighted by atomic mass is 10.1. The van der Waals surface area contributed by atoms with E-state index in [1.54, 1.807) is 0 Å². The van der Waals surface area contributed by atoms with Crippen molar-refractivity contribution >= 4 is 0 Å². The van der Waals surface area contributed by atoms with Crippen LogP contribution < -0.4 is 4.74 Å². The van der Waals surface area contributed by atoms with Gasteiger partial charge in [-0.05, 0) is 31.0 Å². The third-order valence-corrected chi connectivity index (χ3v) is 2.47. The molecule has 0 atom stereocenters. The first kappa shape index (κ1) is 10.7. The first-order valence-corrected chi connectivity index (χ1v) is 5.54. The number of rotatable bonds is 4. The fourth-order valence-corrected chi connectivity index (χ4v) is 1.59. The Morgan fingerprint density at radius 3 is 2.56 bits per heavy atom. The predicted octanol–water partition coefficient (Wildman–Crippen LogP) is 3.17. The quantitative estimate of drug-likeness (QED) is 0.852. The van der Waals surface area contributed by atoms with Gasteiger partial charge in [-0.2, -0.15) is 5.10 Å². The summed E-state index contributed by atoms with van der Waals surface area (Å²) in [4.78, 5) is 0. The molecule has 0 aliphatic rings. The Morgan fingerprint density at radius 1 is 1.25 bits per heavy atom. The molecule has 0 aliphatic heterocycles. The zero-order valence-corrected chi connectivity index (χ0v) is 9.66. The molecule has 1 heterocycles. The number of aromatic nitrogens is 2. The molecule has 3 heteroatoms. The molecule has 1 N–H and O–H groups in total. The molecule has 0 amide bonds. The van der Waals surface area contributed by atoms with Crippen LogP contribution in [-0.2, 0) is 0 Å². The summed E-state index contributed by atoms with van der Waals surface area (Å²) in [7, 11) is 0. The Labute approximate surface area is 95.5 Å². The number of aromatic amines is 1. The molecular weight excluding hydrogens is 200 g/mol. The summed E-state index contributed by atoms with van der Waals surface area (Å²) in [6.45, 7) is 4.89. The average Bonchev–Trinajstić information content (AvgIpc) is 2.74. The molecule has 3 nitrogen and oxygen atoms in total. The maximum absolute atomic E-state index is 5.53. The minimum absolute atomic E-state index is 0.768. The van der Waals surface area contributed by atoms with E-state index in [1.807, 2.05) is 25.3 Å². The van der Waals surface area contributed by atoms with Crippen LogP contribution in [-0.4, -0.2) is 16.8 Å². The maximum atomic E-state index is 5.53. The summed E-state index contributed by atoms with van der Waals surface area (Å²) < 4.78 is 5.53. The molecule has 0 aliphatic carbocycles. The van der Waals surface area contributed by atoms with Crippen LogP contribution in [0.1, 0.15) is 19.0 Å². The zero-order chi connectivity index (χ0) is 11.4. The molecular formula is C13H16N2O. The van der Waals surface area contributed by atoms with Gasteiger partial charge in [0.05, 0.1) is 12.8 Å². The Morgan fingerprint density at radius 2 is 2.00 bits per heavy atom. The first-order valence-electron chi connectivity index (χ1n) is 5.54. The topological polar surface area (TPSA) is 37.9 Å². The van der Waals surface area contributed by atoms with Gasteiger partial charge in [0, 0.05) is 11.3 Å². The minimum atomic E-state index is 0.768. The molecule has 0 saturated heterocycles. The van der Waals surface area contributed by atoms with Crippen LogP contribution in [0.3, 0.4) is 0 Å². The highest BCUT2D eigenvalue weighted by Gasteiger charge is 2.03. The largest absolute Gasteiger partial charge is 0.494 e. The van der Waals surface area contributed by atoms with Crippen LogP contribution in [0.5, 0.6) is 5.75 Å². The molecule has 0 spiro atoms. The maximum Gasteiger partial charge on any atom is 0.119 e. The van der Waals surface area contributed by atoms with Gasteiger partial charge in [-0.25, -0.2) is 0 Å². The van der Waals surface area contributed by atoms with E-state index < -0.39 is 0 Å². The summed E-state index contributed by atoms with van der Waals surface area (Å²) in [6.07, 6.45) is 2.87. The minimum Gasteiger partial charge on any atom is -0.494 e. The second-order valence-electron chi connectivity index (χ2n) is 3.78. The Kier molecular flexibility index (Phi) is 3.25. The lowest BCUT2D eigenvalue weighted by molar-refractivity contribution is 0.317. The number of H-pyrrole nitrogens is 1. The number of hydrogen-bond donors (Lipinski definition) is 1. The van der Waals surface area contributed by atoms with Crippen molar-refractivity contribution in [1.29, 1.82) is 0 Å². The smallest absolute Gasteiger partial charge is 0.119 e. The van der Waals surface area contributed by atoms with Gasteiger partial charge in [0.15, 0.2) is 0 Å². The molecule has 0 saturated carbocycles. The number of hydrogen-bond acceptors (Lipinski definition) is 2. The van der Waals surface area contributed by atoms with Crippen LogP contribution >= 0.6 is 0 Å². The standard InChI is InChI=1S/C13H16N2O/c1-3-8-16-12-6-4-11(5-7-12)13-9-14-15-10(13)2/h4-7,9H,3,8H2,1-2H3,(H,14,15). The second kappa shape index (κ2) is 4.84. The van der Waals surface area contributed by atoms with Gasteiger partial charge in [0.2, 0.25) is 0 Å². The van der Waals surface area contributed by atoms with Gasteiger partial charge in [-0.3, -0.25) is 5.10 Å². The van der Waals surface area contributed by atoms with Crippen LogP contribution in [0.2, 0.25) is 0 Å². The van der Waals surface area contributed by atoms with E-state index >= 15 is 0 Å². The number of benzene rings is 1. The molecule has 0 fully saturated rings. The molecule has 84 valence electrons. The number of nitrogens with one attached hydrogen (secondary N) is 1. The van der Waals surface area contributed by atoms with Gasteiger partial charge < -0.3 is 4.74 Å². The van der Waals surface area contributed by atoms with Crippen molar-refractivity contribution in [3.05, 3.63) is 36.2 Å². The summed E-state index contributed by atoms with van der Waals surface area (Å²) in [5.41, 5.74) is 3.39. The number of aryl methyl sites for hydroxylation is 1. The zero-order valence-electron chi connectivity index (χ0n) is 9.66.